The van der Waals surface area contributed by atoms with E-state index in [1.54, 1.807) is 0 Å². The number of nitrogens with one attached hydrogen (secondary N) is 1. The maximum absolute atomic E-state index is 12.2. The van der Waals surface area contributed by atoms with Gasteiger partial charge in [-0.05, 0) is 6.08 Å². The molecule has 1 aromatic rings. The molecule has 2 rings (SSSR count). The highest BCUT2D eigenvalue weighted by Crippen LogP contribution is 2.29. The molecule has 1 atom stereocenters. The predicted molar refractivity (Wildman–Crippen MR) is 55.2 cm³/mol. The Morgan fingerprint density at radius 1 is 1.47 bits per heavy atom. The van der Waals surface area contributed by atoms with Crippen molar-refractivity contribution in [2.24, 2.45) is 0 Å². The number of halogens is 3. The molecule has 1 aliphatic rings. The lowest BCUT2D eigenvalue weighted by atomic mass is 10.3. The molecule has 1 N–H and O–H groups in total. The molecule has 1 aromatic heterocycles. The van der Waals surface area contributed by atoms with Crippen LogP contribution in [0.25, 0.3) is 0 Å². The second kappa shape index (κ2) is 3.95. The Morgan fingerprint density at radius 3 is 2.65 bits per heavy atom. The first-order valence-corrected chi connectivity index (χ1v) is 6.83. The fourth-order valence-corrected chi connectivity index (χ4v) is 3.11. The van der Waals surface area contributed by atoms with Crippen molar-refractivity contribution in [2.45, 2.75) is 12.2 Å². The maximum atomic E-state index is 12.2. The molecule has 0 fully saturated rings. The fourth-order valence-electron chi connectivity index (χ4n) is 1.22. The minimum absolute atomic E-state index is 0.0518. The summed E-state index contributed by atoms with van der Waals surface area (Å²) in [6.45, 7) is 0. The molecule has 5 nitrogen and oxygen atoms in total. The van der Waals surface area contributed by atoms with Gasteiger partial charge in [-0.3, -0.25) is 0 Å². The van der Waals surface area contributed by atoms with Crippen LogP contribution in [0.5, 0.6) is 0 Å². The van der Waals surface area contributed by atoms with Crippen molar-refractivity contribution < 1.29 is 21.6 Å². The van der Waals surface area contributed by atoms with E-state index in [1.807, 2.05) is 0 Å². The number of hydrogen-bond acceptors (Lipinski definition) is 6. The van der Waals surface area contributed by atoms with Crippen LogP contribution >= 0.6 is 11.5 Å². The largest absolute Gasteiger partial charge is 0.452 e. The van der Waals surface area contributed by atoms with Crippen LogP contribution in [-0.2, 0) is 16.0 Å². The number of anilines is 1. The van der Waals surface area contributed by atoms with Crippen LogP contribution in [0.3, 0.4) is 0 Å². The van der Waals surface area contributed by atoms with Crippen LogP contribution in [0.4, 0.5) is 18.3 Å². The number of aromatic nitrogens is 2. The highest BCUT2D eigenvalue weighted by Gasteiger charge is 2.36. The first-order chi connectivity index (χ1) is 7.76. The van der Waals surface area contributed by atoms with Gasteiger partial charge in [0.15, 0.2) is 9.84 Å². The third kappa shape index (κ3) is 2.94. The standard InChI is InChI=1S/C7H6F3N3O2S2/c8-7(9,10)5-12-6(16-13-5)11-4-1-2-17(14,15)3-4/h1-2,4H,3H2,(H,11,12,13). The maximum Gasteiger partial charge on any atom is 0.452 e. The lowest BCUT2D eigenvalue weighted by Crippen LogP contribution is -2.21. The van der Waals surface area contributed by atoms with Crippen molar-refractivity contribution in [3.05, 3.63) is 17.3 Å². The number of rotatable bonds is 2. The van der Waals surface area contributed by atoms with Crippen molar-refractivity contribution in [3.8, 4) is 0 Å². The van der Waals surface area contributed by atoms with Crippen LogP contribution in [0.15, 0.2) is 11.5 Å². The van der Waals surface area contributed by atoms with Crippen LogP contribution < -0.4 is 5.32 Å². The zero-order valence-electron chi connectivity index (χ0n) is 8.10. The summed E-state index contributed by atoms with van der Waals surface area (Å²) in [4.78, 5) is 3.24. The number of sulfone groups is 1. The molecule has 94 valence electrons. The lowest BCUT2D eigenvalue weighted by Gasteiger charge is -2.06. The van der Waals surface area contributed by atoms with Gasteiger partial charge >= 0.3 is 6.18 Å². The highest BCUT2D eigenvalue weighted by molar-refractivity contribution is 7.94. The summed E-state index contributed by atoms with van der Waals surface area (Å²) >= 11 is 0.542. The van der Waals surface area contributed by atoms with Gasteiger partial charge in [-0.15, -0.1) is 0 Å². The molecule has 17 heavy (non-hydrogen) atoms. The fraction of sp³-hybridized carbons (Fsp3) is 0.429. The zero-order chi connectivity index (χ0) is 12.7. The molecule has 0 aromatic carbocycles. The lowest BCUT2D eigenvalue weighted by molar-refractivity contribution is -0.144. The topological polar surface area (TPSA) is 72.0 Å². The Hall–Kier alpha value is -1.16. The summed E-state index contributed by atoms with van der Waals surface area (Å²) in [5.74, 6) is -1.41. The average molecular weight is 285 g/mol. The van der Waals surface area contributed by atoms with E-state index in [0.29, 0.717) is 11.5 Å². The number of alkyl halides is 3. The van der Waals surface area contributed by atoms with Crippen molar-refractivity contribution in [2.75, 3.05) is 11.1 Å². The molecule has 0 saturated carbocycles. The molecule has 1 unspecified atom stereocenters. The van der Waals surface area contributed by atoms with Gasteiger partial charge in [-0.1, -0.05) is 0 Å². The molecule has 0 radical (unpaired) electrons. The van der Waals surface area contributed by atoms with Gasteiger partial charge < -0.3 is 5.32 Å². The molecule has 0 amide bonds. The minimum Gasteiger partial charge on any atom is -0.353 e. The molecule has 0 spiro atoms. The van der Waals surface area contributed by atoms with Crippen molar-refractivity contribution in [1.29, 1.82) is 0 Å². The first-order valence-electron chi connectivity index (χ1n) is 4.35. The highest BCUT2D eigenvalue weighted by atomic mass is 32.2. The van der Waals surface area contributed by atoms with Gasteiger partial charge in [0.05, 0.1) is 11.8 Å². The summed E-state index contributed by atoms with van der Waals surface area (Å²) < 4.78 is 61.8. The van der Waals surface area contributed by atoms with E-state index in [9.17, 15) is 21.6 Å². The number of hydrogen-bond donors (Lipinski definition) is 1. The van der Waals surface area contributed by atoms with E-state index < -0.39 is 27.9 Å². The molecule has 0 bridgehead atoms. The molecule has 1 aliphatic heterocycles. The van der Waals surface area contributed by atoms with Gasteiger partial charge in [-0.2, -0.15) is 22.5 Å². The van der Waals surface area contributed by atoms with E-state index in [-0.39, 0.29) is 10.9 Å². The van der Waals surface area contributed by atoms with E-state index in [4.69, 9.17) is 0 Å². The van der Waals surface area contributed by atoms with Gasteiger partial charge in [-0.25, -0.2) is 8.42 Å². The Labute approximate surface area is 98.5 Å². The second-order valence-electron chi connectivity index (χ2n) is 3.33. The quantitative estimate of drug-likeness (QED) is 0.886. The molecule has 0 saturated heterocycles. The van der Waals surface area contributed by atoms with Crippen LogP contribution in [0, 0.1) is 0 Å². The summed E-state index contributed by atoms with van der Waals surface area (Å²) in [7, 11) is -3.25. The van der Waals surface area contributed by atoms with E-state index in [0.717, 1.165) is 5.41 Å². The van der Waals surface area contributed by atoms with E-state index >= 15 is 0 Å². The van der Waals surface area contributed by atoms with Crippen LogP contribution in [0.2, 0.25) is 0 Å². The Balaban J connectivity index is 2.06. The molecular formula is C7H6F3N3O2S2. The van der Waals surface area contributed by atoms with E-state index in [1.165, 1.54) is 6.08 Å². The predicted octanol–water partition coefficient (Wildman–Crippen LogP) is 1.28. The molecule has 2 heterocycles. The SMILES string of the molecule is O=S1(=O)C=CC(Nc2nc(C(F)(F)F)ns2)C1. The van der Waals surface area contributed by atoms with Gasteiger partial charge in [0, 0.05) is 16.9 Å². The first kappa shape index (κ1) is 12.3. The van der Waals surface area contributed by atoms with Crippen molar-refractivity contribution in [1.82, 2.24) is 9.36 Å². The molecule has 0 aliphatic carbocycles. The molecular weight excluding hydrogens is 279 g/mol. The van der Waals surface area contributed by atoms with Crippen LogP contribution in [-0.4, -0.2) is 29.6 Å². The van der Waals surface area contributed by atoms with Crippen molar-refractivity contribution in [3.63, 3.8) is 0 Å². The summed E-state index contributed by atoms with van der Waals surface area (Å²) in [5, 5.41) is 3.54. The average Bonchev–Trinajstić information content (AvgIpc) is 2.72. The second-order valence-corrected chi connectivity index (χ2v) is 6.01. The van der Waals surface area contributed by atoms with E-state index in [2.05, 4.69) is 14.7 Å². The Bertz CT molecular complexity index is 549. The smallest absolute Gasteiger partial charge is 0.353 e. The Morgan fingerprint density at radius 2 is 2.18 bits per heavy atom. The molecule has 10 heteroatoms. The normalized spacial score (nSPS) is 22.9. The van der Waals surface area contributed by atoms with Gasteiger partial charge in [0.25, 0.3) is 0 Å². The van der Waals surface area contributed by atoms with Gasteiger partial charge in [0.2, 0.25) is 11.0 Å². The van der Waals surface area contributed by atoms with Crippen LogP contribution in [0.1, 0.15) is 5.82 Å². The Kier molecular flexibility index (Phi) is 2.86. The van der Waals surface area contributed by atoms with Gasteiger partial charge in [0.1, 0.15) is 0 Å². The third-order valence-corrected chi connectivity index (χ3v) is 3.96. The van der Waals surface area contributed by atoms with Crippen molar-refractivity contribution >= 4 is 26.5 Å². The number of nitrogens with zero attached hydrogens (tertiary/aromatic N) is 2. The zero-order valence-corrected chi connectivity index (χ0v) is 9.73. The third-order valence-electron chi connectivity index (χ3n) is 1.92. The monoisotopic (exact) mass is 285 g/mol. The summed E-state index contributed by atoms with van der Waals surface area (Å²) in [5.41, 5.74) is 0. The summed E-state index contributed by atoms with van der Waals surface area (Å²) in [6.07, 6.45) is -3.22. The summed E-state index contributed by atoms with van der Waals surface area (Å²) in [6, 6.07) is -0.561. The minimum atomic E-state index is -4.59.